The van der Waals surface area contributed by atoms with E-state index in [1.165, 1.54) is 19.2 Å². The minimum absolute atomic E-state index is 0.173. The molecule has 4 rings (SSSR count). The van der Waals surface area contributed by atoms with Crippen LogP contribution < -0.4 is 19.5 Å². The van der Waals surface area contributed by atoms with Crippen LogP contribution in [-0.4, -0.2) is 42.2 Å². The van der Waals surface area contributed by atoms with Gasteiger partial charge in [0.2, 0.25) is 5.91 Å². The van der Waals surface area contributed by atoms with Gasteiger partial charge in [-0.3, -0.25) is 19.3 Å². The van der Waals surface area contributed by atoms with Gasteiger partial charge in [0.25, 0.3) is 11.1 Å². The molecule has 1 saturated heterocycles. The summed E-state index contributed by atoms with van der Waals surface area (Å²) in [6.07, 6.45) is 1.56. The molecule has 1 fully saturated rings. The Morgan fingerprint density at radius 3 is 2.46 bits per heavy atom. The van der Waals surface area contributed by atoms with E-state index >= 15 is 0 Å². The zero-order chi connectivity index (χ0) is 27.9. The van der Waals surface area contributed by atoms with E-state index in [1.807, 2.05) is 6.92 Å². The van der Waals surface area contributed by atoms with Crippen LogP contribution in [0.2, 0.25) is 0 Å². The molecule has 0 spiro atoms. The Kier molecular flexibility index (Phi) is 9.26. The summed E-state index contributed by atoms with van der Waals surface area (Å²) in [5, 5.41) is 2.12. The number of carbonyl (C=O) groups excluding carboxylic acids is 3. The van der Waals surface area contributed by atoms with Gasteiger partial charge in [0.05, 0.1) is 23.1 Å². The van der Waals surface area contributed by atoms with Gasteiger partial charge in [-0.1, -0.05) is 12.1 Å². The van der Waals surface area contributed by atoms with Crippen LogP contribution in [0.3, 0.4) is 0 Å². The number of nitrogens with one attached hydrogen (secondary N) is 1. The molecule has 0 atom stereocenters. The molecule has 0 unspecified atom stereocenters. The Morgan fingerprint density at radius 1 is 1.08 bits per heavy atom. The Morgan fingerprint density at radius 2 is 1.79 bits per heavy atom. The van der Waals surface area contributed by atoms with E-state index in [2.05, 4.69) is 21.2 Å². The summed E-state index contributed by atoms with van der Waals surface area (Å²) >= 11 is 4.24. The molecule has 1 aliphatic heterocycles. The van der Waals surface area contributed by atoms with Crippen molar-refractivity contribution in [2.75, 3.05) is 25.6 Å². The minimum atomic E-state index is -0.569. The number of carbonyl (C=O) groups is 3. The average Bonchev–Trinajstić information content (AvgIpc) is 3.17. The van der Waals surface area contributed by atoms with Crippen LogP contribution >= 0.6 is 27.7 Å². The molecule has 8 nitrogen and oxygen atoms in total. The highest BCUT2D eigenvalue weighted by atomic mass is 79.9. The Balaban J connectivity index is 1.46. The molecule has 0 saturated carbocycles. The van der Waals surface area contributed by atoms with Crippen molar-refractivity contribution >= 4 is 56.5 Å². The maximum absolute atomic E-state index is 13.2. The number of hydrogen-bond donors (Lipinski definition) is 1. The van der Waals surface area contributed by atoms with Crippen molar-refractivity contribution in [1.82, 2.24) is 4.90 Å². The molecule has 1 heterocycles. The smallest absolute Gasteiger partial charge is 0.294 e. The summed E-state index contributed by atoms with van der Waals surface area (Å²) < 4.78 is 30.5. The molecule has 3 aromatic carbocycles. The molecule has 3 aromatic rings. The van der Waals surface area contributed by atoms with Crippen molar-refractivity contribution in [2.45, 2.75) is 13.5 Å². The van der Waals surface area contributed by atoms with E-state index in [0.717, 1.165) is 22.2 Å². The van der Waals surface area contributed by atoms with E-state index < -0.39 is 23.6 Å². The zero-order valence-corrected chi connectivity index (χ0v) is 23.4. The third kappa shape index (κ3) is 7.18. The van der Waals surface area contributed by atoms with Gasteiger partial charge in [-0.05, 0) is 100 Å². The first-order valence-corrected chi connectivity index (χ1v) is 13.4. The number of anilines is 1. The molecular formula is C28H24BrFN2O6S. The number of methoxy groups -OCH3 is 1. The molecule has 39 heavy (non-hydrogen) atoms. The third-order valence-electron chi connectivity index (χ3n) is 5.47. The van der Waals surface area contributed by atoms with Crippen molar-refractivity contribution in [1.29, 1.82) is 0 Å². The number of ether oxygens (including phenoxy) is 3. The second-order valence-corrected chi connectivity index (χ2v) is 10.1. The summed E-state index contributed by atoms with van der Waals surface area (Å²) in [6, 6.07) is 16.1. The van der Waals surface area contributed by atoms with E-state index in [-0.39, 0.29) is 17.3 Å². The molecule has 1 aliphatic rings. The van der Waals surface area contributed by atoms with Gasteiger partial charge < -0.3 is 19.5 Å². The molecule has 0 bridgehead atoms. The second-order valence-electron chi connectivity index (χ2n) is 8.22. The van der Waals surface area contributed by atoms with Gasteiger partial charge in [0, 0.05) is 5.69 Å². The highest BCUT2D eigenvalue weighted by Crippen LogP contribution is 2.39. The maximum atomic E-state index is 13.2. The van der Waals surface area contributed by atoms with Crippen LogP contribution in [0, 0.1) is 5.82 Å². The minimum Gasteiger partial charge on any atom is -0.497 e. The first-order chi connectivity index (χ1) is 18.8. The topological polar surface area (TPSA) is 94.2 Å². The quantitative estimate of drug-likeness (QED) is 0.270. The largest absolute Gasteiger partial charge is 0.497 e. The zero-order valence-electron chi connectivity index (χ0n) is 21.0. The van der Waals surface area contributed by atoms with E-state index in [0.29, 0.717) is 39.6 Å². The standard InChI is InChI=1S/C28H24BrFN2O6S/c1-3-37-23-13-18(12-22(29)26(23)38-16-17-4-6-19(30)7-5-17)14-24-27(34)32(28(35)39-24)15-25(33)31-20-8-10-21(36-2)11-9-20/h4-14H,3,15-16H2,1-2H3,(H,31,33)/b24-14-. The number of thioether (sulfide) groups is 1. The SMILES string of the molecule is CCOc1cc(/C=C2\SC(=O)N(CC(=O)Nc3ccc(OC)cc3)C2=O)cc(Br)c1OCc1ccc(F)cc1. The van der Waals surface area contributed by atoms with Gasteiger partial charge in [0.15, 0.2) is 11.5 Å². The fourth-order valence-corrected chi connectivity index (χ4v) is 5.03. The van der Waals surface area contributed by atoms with E-state index in [1.54, 1.807) is 54.6 Å². The van der Waals surface area contributed by atoms with Gasteiger partial charge in [-0.25, -0.2) is 4.39 Å². The Labute approximate surface area is 237 Å². The molecule has 0 aliphatic carbocycles. The highest BCUT2D eigenvalue weighted by molar-refractivity contribution is 9.10. The molecule has 3 amide bonds. The van der Waals surface area contributed by atoms with Crippen LogP contribution in [0.25, 0.3) is 6.08 Å². The number of nitrogens with zero attached hydrogens (tertiary/aromatic N) is 1. The third-order valence-corrected chi connectivity index (χ3v) is 6.97. The lowest BCUT2D eigenvalue weighted by atomic mass is 10.1. The Hall–Kier alpha value is -3.83. The lowest BCUT2D eigenvalue weighted by Gasteiger charge is -2.15. The van der Waals surface area contributed by atoms with Gasteiger partial charge >= 0.3 is 0 Å². The summed E-state index contributed by atoms with van der Waals surface area (Å²) in [6.45, 7) is 1.96. The van der Waals surface area contributed by atoms with E-state index in [9.17, 15) is 18.8 Å². The van der Waals surface area contributed by atoms with Crippen LogP contribution in [0.5, 0.6) is 17.2 Å². The fraction of sp³-hybridized carbons (Fsp3) is 0.179. The molecule has 11 heteroatoms. The van der Waals surface area contributed by atoms with Crippen molar-refractivity contribution in [2.24, 2.45) is 0 Å². The van der Waals surface area contributed by atoms with Crippen LogP contribution in [0.4, 0.5) is 14.9 Å². The average molecular weight is 615 g/mol. The first kappa shape index (κ1) is 28.2. The number of amides is 3. The van der Waals surface area contributed by atoms with Gasteiger partial charge in [-0.15, -0.1) is 0 Å². The van der Waals surface area contributed by atoms with Gasteiger partial charge in [-0.2, -0.15) is 0 Å². The summed E-state index contributed by atoms with van der Waals surface area (Å²) in [4.78, 5) is 39.1. The number of rotatable bonds is 10. The number of imide groups is 1. The lowest BCUT2D eigenvalue weighted by molar-refractivity contribution is -0.127. The highest BCUT2D eigenvalue weighted by Gasteiger charge is 2.36. The summed E-state index contributed by atoms with van der Waals surface area (Å²) in [5.74, 6) is 0.102. The predicted octanol–water partition coefficient (Wildman–Crippen LogP) is 6.25. The normalized spacial score (nSPS) is 14.1. The van der Waals surface area contributed by atoms with Crippen LogP contribution in [0.1, 0.15) is 18.1 Å². The first-order valence-electron chi connectivity index (χ1n) is 11.8. The molecule has 1 N–H and O–H groups in total. The maximum Gasteiger partial charge on any atom is 0.294 e. The molecule has 0 radical (unpaired) electrons. The summed E-state index contributed by atoms with van der Waals surface area (Å²) in [7, 11) is 1.54. The lowest BCUT2D eigenvalue weighted by Crippen LogP contribution is -2.36. The number of hydrogen-bond acceptors (Lipinski definition) is 7. The molecule has 0 aromatic heterocycles. The second kappa shape index (κ2) is 12.8. The van der Waals surface area contributed by atoms with Crippen molar-refractivity contribution < 1.29 is 33.0 Å². The van der Waals surface area contributed by atoms with Crippen molar-refractivity contribution in [3.63, 3.8) is 0 Å². The monoisotopic (exact) mass is 614 g/mol. The number of benzene rings is 3. The van der Waals surface area contributed by atoms with Gasteiger partial charge in [0.1, 0.15) is 24.7 Å². The summed E-state index contributed by atoms with van der Waals surface area (Å²) in [5.41, 5.74) is 1.88. The van der Waals surface area contributed by atoms with Crippen molar-refractivity contribution in [3.05, 3.63) is 87.0 Å². The predicted molar refractivity (Wildman–Crippen MR) is 150 cm³/mol. The molecular weight excluding hydrogens is 591 g/mol. The van der Waals surface area contributed by atoms with Crippen molar-refractivity contribution in [3.8, 4) is 17.2 Å². The van der Waals surface area contributed by atoms with Crippen LogP contribution in [0.15, 0.2) is 70.0 Å². The Bertz CT molecular complexity index is 1410. The fourth-order valence-electron chi connectivity index (χ4n) is 3.62. The number of halogens is 2. The van der Waals surface area contributed by atoms with E-state index in [4.69, 9.17) is 14.2 Å². The molecule has 202 valence electrons. The van der Waals surface area contributed by atoms with Crippen LogP contribution in [-0.2, 0) is 16.2 Å².